The second-order valence-corrected chi connectivity index (χ2v) is 8.34. The minimum atomic E-state index is -2.91. The molecule has 7 heteroatoms. The summed E-state index contributed by atoms with van der Waals surface area (Å²) in [5, 5.41) is 4.36. The van der Waals surface area contributed by atoms with E-state index in [1.165, 1.54) is 0 Å². The van der Waals surface area contributed by atoms with E-state index < -0.39 is 9.84 Å². The van der Waals surface area contributed by atoms with E-state index in [4.69, 9.17) is 0 Å². The molecular weight excluding hydrogens is 290 g/mol. The van der Waals surface area contributed by atoms with Gasteiger partial charge >= 0.3 is 0 Å². The summed E-state index contributed by atoms with van der Waals surface area (Å²) in [6, 6.07) is 1.81. The maximum atomic E-state index is 12.6. The van der Waals surface area contributed by atoms with Gasteiger partial charge in [0.25, 0.3) is 5.91 Å². The minimum Gasteiger partial charge on any atom is -0.337 e. The molecule has 0 spiro atoms. The highest BCUT2D eigenvalue weighted by molar-refractivity contribution is 7.91. The highest BCUT2D eigenvalue weighted by Crippen LogP contribution is 2.20. The van der Waals surface area contributed by atoms with Gasteiger partial charge in [-0.25, -0.2) is 8.42 Å². The van der Waals surface area contributed by atoms with E-state index in [-0.39, 0.29) is 29.4 Å². The van der Waals surface area contributed by atoms with Crippen molar-refractivity contribution in [2.75, 3.05) is 18.6 Å². The molecule has 0 saturated carbocycles. The average molecular weight is 313 g/mol. The van der Waals surface area contributed by atoms with Crippen LogP contribution in [0.4, 0.5) is 0 Å². The molecule has 0 atom stereocenters. The third-order valence-electron chi connectivity index (χ3n) is 4.10. The summed E-state index contributed by atoms with van der Waals surface area (Å²) in [7, 11) is 0.595. The minimum absolute atomic E-state index is 0.0153. The number of carbonyl (C=O) groups is 1. The molecule has 1 fully saturated rings. The lowest BCUT2D eigenvalue weighted by Crippen LogP contribution is -2.42. The van der Waals surface area contributed by atoms with Gasteiger partial charge in [0.05, 0.1) is 17.2 Å². The Kier molecular flexibility index (Phi) is 4.41. The van der Waals surface area contributed by atoms with Gasteiger partial charge in [-0.1, -0.05) is 13.8 Å². The number of aromatic nitrogens is 2. The third kappa shape index (κ3) is 3.45. The van der Waals surface area contributed by atoms with Crippen LogP contribution in [0.15, 0.2) is 6.07 Å². The Morgan fingerprint density at radius 2 is 1.95 bits per heavy atom. The molecule has 118 valence electrons. The maximum absolute atomic E-state index is 12.6. The van der Waals surface area contributed by atoms with Crippen LogP contribution in [0.2, 0.25) is 0 Å². The number of sulfone groups is 1. The van der Waals surface area contributed by atoms with Crippen molar-refractivity contribution < 1.29 is 13.2 Å². The Balaban J connectivity index is 2.13. The number of aryl methyl sites for hydroxylation is 1. The number of hydrogen-bond donors (Lipinski definition) is 0. The van der Waals surface area contributed by atoms with E-state index in [1.807, 2.05) is 19.9 Å². The zero-order valence-electron chi connectivity index (χ0n) is 13.0. The van der Waals surface area contributed by atoms with Crippen LogP contribution in [0.5, 0.6) is 0 Å². The number of amides is 1. The molecule has 1 amide bonds. The van der Waals surface area contributed by atoms with Crippen LogP contribution in [-0.2, 0) is 16.9 Å². The standard InChI is InChI=1S/C14H23N3O3S/c1-10(2)12-9-13(17(4)15-12)14(18)16(3)11-5-7-21(19,20)8-6-11/h9-11H,5-8H2,1-4H3. The molecule has 0 aliphatic carbocycles. The van der Waals surface area contributed by atoms with E-state index >= 15 is 0 Å². The normalized spacial score (nSPS) is 18.9. The van der Waals surface area contributed by atoms with Crippen LogP contribution < -0.4 is 0 Å². The van der Waals surface area contributed by atoms with Crippen molar-refractivity contribution in [2.24, 2.45) is 7.05 Å². The van der Waals surface area contributed by atoms with Gasteiger partial charge in [0.2, 0.25) is 0 Å². The molecule has 6 nitrogen and oxygen atoms in total. The van der Waals surface area contributed by atoms with Crippen molar-refractivity contribution in [3.63, 3.8) is 0 Å². The van der Waals surface area contributed by atoms with Crippen molar-refractivity contribution in [3.8, 4) is 0 Å². The summed E-state index contributed by atoms with van der Waals surface area (Å²) in [5.41, 5.74) is 1.44. The van der Waals surface area contributed by atoms with Gasteiger partial charge in [-0.2, -0.15) is 5.10 Å². The SMILES string of the molecule is CC(C)c1cc(C(=O)N(C)C2CCS(=O)(=O)CC2)n(C)n1. The summed E-state index contributed by atoms with van der Waals surface area (Å²) in [6.45, 7) is 4.07. The molecule has 1 aliphatic rings. The summed E-state index contributed by atoms with van der Waals surface area (Å²) in [4.78, 5) is 14.2. The predicted molar refractivity (Wildman–Crippen MR) is 81.1 cm³/mol. The smallest absolute Gasteiger partial charge is 0.272 e. The van der Waals surface area contributed by atoms with Crippen LogP contribution in [0.25, 0.3) is 0 Å². The summed E-state index contributed by atoms with van der Waals surface area (Å²) in [6.07, 6.45) is 1.03. The van der Waals surface area contributed by atoms with Gasteiger partial charge in [-0.3, -0.25) is 9.48 Å². The van der Waals surface area contributed by atoms with Gasteiger partial charge in [-0.15, -0.1) is 0 Å². The first-order valence-corrected chi connectivity index (χ1v) is 9.05. The van der Waals surface area contributed by atoms with Crippen molar-refractivity contribution in [2.45, 2.75) is 38.6 Å². The molecule has 0 N–H and O–H groups in total. The summed E-state index contributed by atoms with van der Waals surface area (Å²) in [5.74, 6) is 0.500. The molecule has 0 unspecified atom stereocenters. The lowest BCUT2D eigenvalue weighted by Gasteiger charge is -2.31. The second kappa shape index (κ2) is 5.79. The van der Waals surface area contributed by atoms with Crippen LogP contribution in [0, 0.1) is 0 Å². The molecule has 0 aromatic carbocycles. The monoisotopic (exact) mass is 313 g/mol. The van der Waals surface area contributed by atoms with E-state index in [9.17, 15) is 13.2 Å². The Bertz CT molecular complexity index is 620. The quantitative estimate of drug-likeness (QED) is 0.840. The van der Waals surface area contributed by atoms with E-state index in [0.717, 1.165) is 5.69 Å². The Morgan fingerprint density at radius 3 is 2.43 bits per heavy atom. The van der Waals surface area contributed by atoms with E-state index in [2.05, 4.69) is 5.10 Å². The second-order valence-electron chi connectivity index (χ2n) is 6.03. The number of rotatable bonds is 3. The average Bonchev–Trinajstić information content (AvgIpc) is 2.79. The maximum Gasteiger partial charge on any atom is 0.272 e. The molecule has 2 heterocycles. The Hall–Kier alpha value is -1.37. The van der Waals surface area contributed by atoms with Crippen LogP contribution >= 0.6 is 0 Å². The van der Waals surface area contributed by atoms with Gasteiger partial charge < -0.3 is 4.90 Å². The molecule has 0 bridgehead atoms. The van der Waals surface area contributed by atoms with Crippen molar-refractivity contribution >= 4 is 15.7 Å². The van der Waals surface area contributed by atoms with Crippen molar-refractivity contribution in [1.82, 2.24) is 14.7 Å². The number of carbonyl (C=O) groups excluding carboxylic acids is 1. The van der Waals surface area contributed by atoms with Gasteiger partial charge in [0.1, 0.15) is 15.5 Å². The lowest BCUT2D eigenvalue weighted by atomic mass is 10.1. The van der Waals surface area contributed by atoms with Crippen LogP contribution in [0.3, 0.4) is 0 Å². The van der Waals surface area contributed by atoms with E-state index in [0.29, 0.717) is 18.5 Å². The third-order valence-corrected chi connectivity index (χ3v) is 5.82. The molecule has 2 rings (SSSR count). The first-order valence-electron chi connectivity index (χ1n) is 7.23. The molecule has 1 aromatic heterocycles. The highest BCUT2D eigenvalue weighted by Gasteiger charge is 2.30. The fourth-order valence-electron chi connectivity index (χ4n) is 2.58. The molecule has 21 heavy (non-hydrogen) atoms. The van der Waals surface area contributed by atoms with Gasteiger partial charge in [-0.05, 0) is 24.8 Å². The number of nitrogens with zero attached hydrogens (tertiary/aromatic N) is 3. The predicted octanol–water partition coefficient (Wildman–Crippen LogP) is 1.19. The molecule has 1 aliphatic heterocycles. The van der Waals surface area contributed by atoms with Gasteiger partial charge in [0.15, 0.2) is 0 Å². The molecular formula is C14H23N3O3S. The Morgan fingerprint density at radius 1 is 1.38 bits per heavy atom. The fourth-order valence-corrected chi connectivity index (χ4v) is 4.05. The Labute approximate surface area is 126 Å². The van der Waals surface area contributed by atoms with Crippen LogP contribution in [0.1, 0.15) is 48.8 Å². The van der Waals surface area contributed by atoms with Crippen LogP contribution in [-0.4, -0.2) is 53.6 Å². The topological polar surface area (TPSA) is 72.3 Å². The molecule has 1 aromatic rings. The van der Waals surface area contributed by atoms with Crippen molar-refractivity contribution in [3.05, 3.63) is 17.5 Å². The zero-order chi connectivity index (χ0) is 15.8. The fraction of sp³-hybridized carbons (Fsp3) is 0.714. The molecule has 0 radical (unpaired) electrons. The largest absolute Gasteiger partial charge is 0.337 e. The van der Waals surface area contributed by atoms with Crippen molar-refractivity contribution in [1.29, 1.82) is 0 Å². The van der Waals surface area contributed by atoms with E-state index in [1.54, 1.807) is 23.7 Å². The zero-order valence-corrected chi connectivity index (χ0v) is 13.9. The molecule has 1 saturated heterocycles. The number of hydrogen-bond acceptors (Lipinski definition) is 4. The first-order chi connectivity index (χ1) is 9.71. The lowest BCUT2D eigenvalue weighted by molar-refractivity contribution is 0.0710. The summed E-state index contributed by atoms with van der Waals surface area (Å²) >= 11 is 0. The van der Waals surface area contributed by atoms with Gasteiger partial charge in [0, 0.05) is 20.1 Å². The summed E-state index contributed by atoms with van der Waals surface area (Å²) < 4.78 is 24.6. The first kappa shape index (κ1) is 16.0. The highest BCUT2D eigenvalue weighted by atomic mass is 32.2.